The fourth-order valence-electron chi connectivity index (χ4n) is 1.28. The van der Waals surface area contributed by atoms with Crippen molar-refractivity contribution in [2.24, 2.45) is 0 Å². The number of carbonyl (C=O) groups is 3. The molecule has 19 heavy (non-hydrogen) atoms. The van der Waals surface area contributed by atoms with E-state index in [0.29, 0.717) is 0 Å². The lowest BCUT2D eigenvalue weighted by atomic mass is 10.1. The fourth-order valence-corrected chi connectivity index (χ4v) is 1.28. The van der Waals surface area contributed by atoms with Crippen LogP contribution in [0.4, 0.5) is 0 Å². The minimum Gasteiger partial charge on any atom is -0.507 e. The van der Waals surface area contributed by atoms with Gasteiger partial charge in [0.05, 0.1) is 5.56 Å². The van der Waals surface area contributed by atoms with Crippen LogP contribution in [-0.2, 0) is 9.59 Å². The second-order valence-electron chi connectivity index (χ2n) is 3.43. The topological polar surface area (TPSA) is 112 Å². The first-order valence-electron chi connectivity index (χ1n) is 5.10. The summed E-state index contributed by atoms with van der Waals surface area (Å²) in [5.41, 5.74) is -0.0309. The Morgan fingerprint density at radius 1 is 0.947 bits per heavy atom. The van der Waals surface area contributed by atoms with Gasteiger partial charge < -0.3 is 15.3 Å². The molecule has 0 bridgehead atoms. The van der Waals surface area contributed by atoms with Crippen LogP contribution >= 0.6 is 0 Å². The van der Waals surface area contributed by atoms with E-state index in [1.807, 2.05) is 0 Å². The maximum absolute atomic E-state index is 10.9. The SMILES string of the molecule is O=C(O)C(=O)/C=C\C=C(/O)c1ccccc1C(=O)O. The first kappa shape index (κ1) is 14.2. The highest BCUT2D eigenvalue weighted by Crippen LogP contribution is 2.17. The van der Waals surface area contributed by atoms with Gasteiger partial charge in [-0.1, -0.05) is 24.3 Å². The van der Waals surface area contributed by atoms with E-state index in [-0.39, 0.29) is 16.9 Å². The van der Waals surface area contributed by atoms with E-state index in [4.69, 9.17) is 10.2 Å². The van der Waals surface area contributed by atoms with Crippen molar-refractivity contribution < 1.29 is 29.7 Å². The van der Waals surface area contributed by atoms with E-state index in [2.05, 4.69) is 0 Å². The molecule has 0 saturated heterocycles. The second kappa shape index (κ2) is 6.15. The molecule has 6 nitrogen and oxygen atoms in total. The van der Waals surface area contributed by atoms with Crippen LogP contribution in [0.2, 0.25) is 0 Å². The van der Waals surface area contributed by atoms with E-state index in [9.17, 15) is 19.5 Å². The Morgan fingerprint density at radius 2 is 1.53 bits per heavy atom. The van der Waals surface area contributed by atoms with Gasteiger partial charge in [0.25, 0.3) is 5.78 Å². The third kappa shape index (κ3) is 3.81. The molecular formula is C13H10O6. The predicted octanol–water partition coefficient (Wildman–Crippen LogP) is 1.49. The first-order chi connectivity index (χ1) is 8.93. The molecule has 0 unspecified atom stereocenters. The largest absolute Gasteiger partial charge is 0.507 e. The van der Waals surface area contributed by atoms with Crippen LogP contribution in [0.15, 0.2) is 42.5 Å². The fraction of sp³-hybridized carbons (Fsp3) is 0. The van der Waals surface area contributed by atoms with Gasteiger partial charge in [-0.3, -0.25) is 4.79 Å². The standard InChI is InChI=1S/C13H10O6/c14-10(6-3-7-11(15)13(18)19)8-4-1-2-5-9(8)12(16)17/h1-7,14H,(H,16,17)(H,18,19)/b7-3-,10-6-. The lowest BCUT2D eigenvalue weighted by Gasteiger charge is -2.03. The minimum atomic E-state index is -1.62. The summed E-state index contributed by atoms with van der Waals surface area (Å²) in [5, 5.41) is 26.9. The molecule has 0 fully saturated rings. The maximum Gasteiger partial charge on any atom is 0.376 e. The molecule has 0 radical (unpaired) electrons. The molecule has 0 aliphatic rings. The Hall–Kier alpha value is -2.89. The van der Waals surface area contributed by atoms with Crippen molar-refractivity contribution in [3.8, 4) is 0 Å². The number of carboxylic acids is 2. The monoisotopic (exact) mass is 262 g/mol. The molecule has 6 heteroatoms. The molecule has 0 saturated carbocycles. The van der Waals surface area contributed by atoms with Gasteiger partial charge >= 0.3 is 11.9 Å². The van der Waals surface area contributed by atoms with Crippen LogP contribution < -0.4 is 0 Å². The summed E-state index contributed by atoms with van der Waals surface area (Å²) in [6.45, 7) is 0. The summed E-state index contributed by atoms with van der Waals surface area (Å²) in [7, 11) is 0. The van der Waals surface area contributed by atoms with Crippen molar-refractivity contribution in [2.75, 3.05) is 0 Å². The van der Waals surface area contributed by atoms with Gasteiger partial charge in [-0.15, -0.1) is 0 Å². The predicted molar refractivity (Wildman–Crippen MR) is 65.8 cm³/mol. The van der Waals surface area contributed by atoms with Gasteiger partial charge in [0, 0.05) is 5.56 Å². The Kier molecular flexibility index (Phi) is 4.59. The summed E-state index contributed by atoms with van der Waals surface area (Å²) in [5.74, 6) is -4.35. The van der Waals surface area contributed by atoms with Crippen molar-refractivity contribution >= 4 is 23.5 Å². The molecule has 0 aliphatic carbocycles. The number of aliphatic hydroxyl groups is 1. The Bertz CT molecular complexity index is 583. The summed E-state index contributed by atoms with van der Waals surface area (Å²) >= 11 is 0. The van der Waals surface area contributed by atoms with E-state index < -0.39 is 17.7 Å². The average Bonchev–Trinajstić information content (AvgIpc) is 2.38. The number of hydrogen-bond acceptors (Lipinski definition) is 4. The lowest BCUT2D eigenvalue weighted by molar-refractivity contribution is -0.146. The van der Waals surface area contributed by atoms with Crippen molar-refractivity contribution in [3.63, 3.8) is 0 Å². The number of aliphatic carboxylic acids is 1. The highest BCUT2D eigenvalue weighted by atomic mass is 16.4. The number of allylic oxidation sites excluding steroid dienone is 2. The van der Waals surface area contributed by atoms with Crippen LogP contribution in [0.5, 0.6) is 0 Å². The molecule has 1 aromatic carbocycles. The number of hydrogen-bond donors (Lipinski definition) is 3. The molecule has 0 amide bonds. The van der Waals surface area contributed by atoms with Crippen molar-refractivity contribution in [2.45, 2.75) is 0 Å². The van der Waals surface area contributed by atoms with E-state index in [1.54, 1.807) is 0 Å². The molecule has 0 atom stereocenters. The molecule has 98 valence electrons. The van der Waals surface area contributed by atoms with Crippen LogP contribution in [0, 0.1) is 0 Å². The lowest BCUT2D eigenvalue weighted by Crippen LogP contribution is -2.08. The Balaban J connectivity index is 3.01. The van der Waals surface area contributed by atoms with Gasteiger partial charge in [0.15, 0.2) is 0 Å². The van der Waals surface area contributed by atoms with Crippen LogP contribution in [0.1, 0.15) is 15.9 Å². The number of rotatable bonds is 5. The molecule has 1 aromatic rings. The summed E-state index contributed by atoms with van der Waals surface area (Å²) in [6, 6.07) is 5.75. The molecule has 0 spiro atoms. The number of aliphatic hydroxyl groups excluding tert-OH is 1. The third-order valence-electron chi connectivity index (χ3n) is 2.15. The van der Waals surface area contributed by atoms with Crippen molar-refractivity contribution in [1.82, 2.24) is 0 Å². The molecule has 3 N–H and O–H groups in total. The number of aromatic carboxylic acids is 1. The molecular weight excluding hydrogens is 252 g/mol. The number of benzene rings is 1. The highest BCUT2D eigenvalue weighted by Gasteiger charge is 2.11. The Morgan fingerprint density at radius 3 is 2.05 bits per heavy atom. The van der Waals surface area contributed by atoms with Crippen LogP contribution in [-0.4, -0.2) is 33.0 Å². The first-order valence-corrected chi connectivity index (χ1v) is 5.10. The normalized spacial score (nSPS) is 11.5. The molecule has 0 heterocycles. The van der Waals surface area contributed by atoms with Crippen LogP contribution in [0.25, 0.3) is 5.76 Å². The van der Waals surface area contributed by atoms with Gasteiger partial charge in [-0.25, -0.2) is 9.59 Å². The summed E-state index contributed by atoms with van der Waals surface area (Å²) < 4.78 is 0. The third-order valence-corrected chi connectivity index (χ3v) is 2.15. The zero-order valence-corrected chi connectivity index (χ0v) is 9.61. The average molecular weight is 262 g/mol. The van der Waals surface area contributed by atoms with E-state index in [1.165, 1.54) is 24.3 Å². The molecule has 0 aromatic heterocycles. The minimum absolute atomic E-state index is 0.0717. The number of carboxylic acid groups (broad SMARTS) is 2. The van der Waals surface area contributed by atoms with Gasteiger partial charge in [-0.05, 0) is 18.2 Å². The van der Waals surface area contributed by atoms with Crippen molar-refractivity contribution in [3.05, 3.63) is 53.6 Å². The Labute approximate surface area is 107 Å². The zero-order valence-electron chi connectivity index (χ0n) is 9.61. The zero-order chi connectivity index (χ0) is 14.4. The number of carbonyl (C=O) groups excluding carboxylic acids is 1. The summed E-state index contributed by atoms with van der Waals surface area (Å²) in [6.07, 6.45) is 2.83. The second-order valence-corrected chi connectivity index (χ2v) is 3.43. The molecule has 1 rings (SSSR count). The van der Waals surface area contributed by atoms with E-state index in [0.717, 1.165) is 18.2 Å². The molecule has 0 aliphatic heterocycles. The smallest absolute Gasteiger partial charge is 0.376 e. The summed E-state index contributed by atoms with van der Waals surface area (Å²) in [4.78, 5) is 31.9. The van der Waals surface area contributed by atoms with Gasteiger partial charge in [0.1, 0.15) is 5.76 Å². The van der Waals surface area contributed by atoms with Crippen LogP contribution in [0.3, 0.4) is 0 Å². The highest BCUT2D eigenvalue weighted by molar-refractivity contribution is 6.37. The quantitative estimate of drug-likeness (QED) is 0.321. The van der Waals surface area contributed by atoms with Crippen molar-refractivity contribution in [1.29, 1.82) is 0 Å². The van der Waals surface area contributed by atoms with Gasteiger partial charge in [0.2, 0.25) is 0 Å². The van der Waals surface area contributed by atoms with E-state index >= 15 is 0 Å². The van der Waals surface area contributed by atoms with Gasteiger partial charge in [-0.2, -0.15) is 0 Å². The number of ketones is 1. The maximum atomic E-state index is 10.9.